The van der Waals surface area contributed by atoms with Crippen LogP contribution in [0.2, 0.25) is 5.02 Å². The van der Waals surface area contributed by atoms with Gasteiger partial charge in [-0.05, 0) is 35.4 Å². The molecule has 18 heavy (non-hydrogen) atoms. The summed E-state index contributed by atoms with van der Waals surface area (Å²) in [6.07, 6.45) is 3.01. The highest BCUT2D eigenvalue weighted by Gasteiger charge is 2.14. The molecule has 0 amide bonds. The first-order valence-electron chi connectivity index (χ1n) is 5.39. The minimum atomic E-state index is -0.676. The standard InChI is InChI=1S/C13H12BrClN2O/c14-11-2-1-9(15)6-10(11)13(18)5-8-7-17-4-3-12(8)16/h1-4,6-7,13,18H,5H2,(H2,16,17). The zero-order chi connectivity index (χ0) is 13.1. The van der Waals surface area contributed by atoms with Gasteiger partial charge in [-0.2, -0.15) is 0 Å². The topological polar surface area (TPSA) is 59.1 Å². The van der Waals surface area contributed by atoms with E-state index < -0.39 is 6.10 Å². The lowest BCUT2D eigenvalue weighted by atomic mass is 10.0. The molecule has 94 valence electrons. The highest BCUT2D eigenvalue weighted by molar-refractivity contribution is 9.10. The van der Waals surface area contributed by atoms with Crippen LogP contribution in [0.1, 0.15) is 17.2 Å². The molecule has 2 aromatic rings. The molecule has 0 aliphatic heterocycles. The number of nitrogen functional groups attached to an aromatic ring is 1. The number of halogens is 2. The molecule has 0 aliphatic carbocycles. The van der Waals surface area contributed by atoms with Crippen LogP contribution in [-0.4, -0.2) is 10.1 Å². The summed E-state index contributed by atoms with van der Waals surface area (Å²) in [5.41, 5.74) is 8.01. The Kier molecular flexibility index (Phi) is 4.22. The summed E-state index contributed by atoms with van der Waals surface area (Å²) in [5, 5.41) is 10.8. The number of hydrogen-bond acceptors (Lipinski definition) is 3. The van der Waals surface area contributed by atoms with Crippen molar-refractivity contribution in [1.82, 2.24) is 4.98 Å². The second-order valence-corrected chi connectivity index (χ2v) is 5.25. The molecule has 0 aliphatic rings. The van der Waals surface area contributed by atoms with E-state index >= 15 is 0 Å². The number of aliphatic hydroxyl groups excluding tert-OH is 1. The molecule has 3 nitrogen and oxygen atoms in total. The molecular formula is C13H12BrClN2O. The fourth-order valence-electron chi connectivity index (χ4n) is 1.70. The van der Waals surface area contributed by atoms with E-state index in [2.05, 4.69) is 20.9 Å². The number of nitrogens with two attached hydrogens (primary N) is 1. The number of anilines is 1. The zero-order valence-corrected chi connectivity index (χ0v) is 11.8. The first-order chi connectivity index (χ1) is 8.58. The van der Waals surface area contributed by atoms with Crippen LogP contribution in [-0.2, 0) is 6.42 Å². The van der Waals surface area contributed by atoms with Gasteiger partial charge in [-0.1, -0.05) is 27.5 Å². The van der Waals surface area contributed by atoms with E-state index in [9.17, 15) is 5.11 Å². The quantitative estimate of drug-likeness (QED) is 0.909. The smallest absolute Gasteiger partial charge is 0.0843 e. The van der Waals surface area contributed by atoms with Crippen molar-refractivity contribution >= 4 is 33.2 Å². The second kappa shape index (κ2) is 5.69. The molecule has 0 radical (unpaired) electrons. The fourth-order valence-corrected chi connectivity index (χ4v) is 2.39. The van der Waals surface area contributed by atoms with Crippen LogP contribution in [0.15, 0.2) is 41.1 Å². The summed E-state index contributed by atoms with van der Waals surface area (Å²) in [6.45, 7) is 0. The van der Waals surface area contributed by atoms with Crippen LogP contribution in [0, 0.1) is 0 Å². The van der Waals surface area contributed by atoms with Crippen LogP contribution in [0.25, 0.3) is 0 Å². The van der Waals surface area contributed by atoms with Crippen molar-refractivity contribution in [2.24, 2.45) is 0 Å². The SMILES string of the molecule is Nc1ccncc1CC(O)c1cc(Cl)ccc1Br. The van der Waals surface area contributed by atoms with E-state index in [0.717, 1.165) is 15.6 Å². The number of benzene rings is 1. The summed E-state index contributed by atoms with van der Waals surface area (Å²) in [7, 11) is 0. The lowest BCUT2D eigenvalue weighted by Gasteiger charge is -2.14. The summed E-state index contributed by atoms with van der Waals surface area (Å²) in [4.78, 5) is 4.00. The van der Waals surface area contributed by atoms with Gasteiger partial charge < -0.3 is 10.8 Å². The van der Waals surface area contributed by atoms with E-state index in [1.165, 1.54) is 0 Å². The van der Waals surface area contributed by atoms with Gasteiger partial charge in [-0.25, -0.2) is 0 Å². The number of aliphatic hydroxyl groups is 1. The zero-order valence-electron chi connectivity index (χ0n) is 9.48. The molecule has 0 fully saturated rings. The van der Waals surface area contributed by atoms with Crippen LogP contribution in [0.5, 0.6) is 0 Å². The summed E-state index contributed by atoms with van der Waals surface area (Å²) < 4.78 is 0.821. The molecule has 3 N–H and O–H groups in total. The van der Waals surface area contributed by atoms with Crippen molar-refractivity contribution in [3.05, 3.63) is 57.3 Å². The lowest BCUT2D eigenvalue weighted by Crippen LogP contribution is -2.05. The molecule has 5 heteroatoms. The summed E-state index contributed by atoms with van der Waals surface area (Å²) >= 11 is 9.32. The largest absolute Gasteiger partial charge is 0.398 e. The number of nitrogens with zero attached hydrogens (tertiary/aromatic N) is 1. The number of pyridine rings is 1. The van der Waals surface area contributed by atoms with Crippen molar-refractivity contribution in [2.75, 3.05) is 5.73 Å². The van der Waals surface area contributed by atoms with Gasteiger partial charge >= 0.3 is 0 Å². The first kappa shape index (κ1) is 13.3. The maximum absolute atomic E-state index is 10.2. The number of aromatic nitrogens is 1. The summed E-state index contributed by atoms with van der Waals surface area (Å²) in [6, 6.07) is 7.03. The summed E-state index contributed by atoms with van der Waals surface area (Å²) in [5.74, 6) is 0. The molecule has 0 spiro atoms. The van der Waals surface area contributed by atoms with E-state index in [-0.39, 0.29) is 0 Å². The van der Waals surface area contributed by atoms with Crippen LogP contribution >= 0.6 is 27.5 Å². The van der Waals surface area contributed by atoms with E-state index in [1.54, 1.807) is 30.6 Å². The minimum Gasteiger partial charge on any atom is -0.398 e. The van der Waals surface area contributed by atoms with E-state index in [0.29, 0.717) is 17.1 Å². The Morgan fingerprint density at radius 1 is 1.39 bits per heavy atom. The monoisotopic (exact) mass is 326 g/mol. The van der Waals surface area contributed by atoms with Crippen molar-refractivity contribution in [1.29, 1.82) is 0 Å². The van der Waals surface area contributed by atoms with Gasteiger partial charge in [0.05, 0.1) is 6.10 Å². The Labute approximate surface area is 119 Å². The minimum absolute atomic E-state index is 0.401. The second-order valence-electron chi connectivity index (χ2n) is 3.96. The van der Waals surface area contributed by atoms with Crippen LogP contribution in [0.3, 0.4) is 0 Å². The maximum atomic E-state index is 10.2. The lowest BCUT2D eigenvalue weighted by molar-refractivity contribution is 0.178. The Balaban J connectivity index is 2.25. The van der Waals surface area contributed by atoms with Crippen molar-refractivity contribution in [3.63, 3.8) is 0 Å². The maximum Gasteiger partial charge on any atom is 0.0843 e. The molecule has 1 atom stereocenters. The van der Waals surface area contributed by atoms with E-state index in [4.69, 9.17) is 17.3 Å². The molecule has 1 unspecified atom stereocenters. The third-order valence-electron chi connectivity index (χ3n) is 2.67. The molecule has 1 aromatic carbocycles. The number of hydrogen-bond donors (Lipinski definition) is 2. The van der Waals surface area contributed by atoms with Gasteiger partial charge in [0.2, 0.25) is 0 Å². The predicted octanol–water partition coefficient (Wildman–Crippen LogP) is 3.36. The van der Waals surface area contributed by atoms with Crippen molar-refractivity contribution < 1.29 is 5.11 Å². The number of rotatable bonds is 3. The van der Waals surface area contributed by atoms with Gasteiger partial charge in [-0.3, -0.25) is 4.98 Å². The molecule has 0 bridgehead atoms. The molecule has 0 saturated carbocycles. The average Bonchev–Trinajstić information content (AvgIpc) is 2.35. The first-order valence-corrected chi connectivity index (χ1v) is 6.56. The van der Waals surface area contributed by atoms with Gasteiger partial charge in [0.1, 0.15) is 0 Å². The van der Waals surface area contributed by atoms with Crippen LogP contribution < -0.4 is 5.73 Å². The highest BCUT2D eigenvalue weighted by atomic mass is 79.9. The third-order valence-corrected chi connectivity index (χ3v) is 3.63. The highest BCUT2D eigenvalue weighted by Crippen LogP contribution is 2.29. The molecule has 1 aromatic heterocycles. The van der Waals surface area contributed by atoms with E-state index in [1.807, 2.05) is 6.07 Å². The van der Waals surface area contributed by atoms with Gasteiger partial charge in [0.15, 0.2) is 0 Å². The fraction of sp³-hybridized carbons (Fsp3) is 0.154. The predicted molar refractivity (Wildman–Crippen MR) is 76.5 cm³/mol. The van der Waals surface area contributed by atoms with Crippen molar-refractivity contribution in [3.8, 4) is 0 Å². The molecule has 2 rings (SSSR count). The molecule has 1 heterocycles. The Morgan fingerprint density at radius 2 is 2.17 bits per heavy atom. The third kappa shape index (κ3) is 3.02. The Morgan fingerprint density at radius 3 is 2.89 bits per heavy atom. The Bertz CT molecular complexity index is 562. The van der Waals surface area contributed by atoms with Gasteiger partial charge in [0.25, 0.3) is 0 Å². The normalized spacial score (nSPS) is 12.4. The average molecular weight is 328 g/mol. The van der Waals surface area contributed by atoms with Gasteiger partial charge in [0, 0.05) is 34.0 Å². The van der Waals surface area contributed by atoms with Crippen LogP contribution in [0.4, 0.5) is 5.69 Å². The molecular weight excluding hydrogens is 316 g/mol. The molecule has 0 saturated heterocycles. The van der Waals surface area contributed by atoms with Crippen molar-refractivity contribution in [2.45, 2.75) is 12.5 Å². The van der Waals surface area contributed by atoms with Gasteiger partial charge in [-0.15, -0.1) is 0 Å². The Hall–Kier alpha value is -1.10.